The van der Waals surface area contributed by atoms with E-state index in [2.05, 4.69) is 20.6 Å². The predicted octanol–water partition coefficient (Wildman–Crippen LogP) is 4.36. The zero-order valence-electron chi connectivity index (χ0n) is 14.2. The highest BCUT2D eigenvalue weighted by Gasteiger charge is 2.30. The summed E-state index contributed by atoms with van der Waals surface area (Å²) in [5.74, 6) is -0.362. The average molecular weight is 383 g/mol. The average Bonchev–Trinajstić information content (AvgIpc) is 2.68. The van der Waals surface area contributed by atoms with Crippen LogP contribution in [0, 0.1) is 11.3 Å². The zero-order chi connectivity index (χ0) is 20.1. The minimum absolute atomic E-state index is 0.0000358. The van der Waals surface area contributed by atoms with E-state index in [9.17, 15) is 18.0 Å². The van der Waals surface area contributed by atoms with Crippen molar-refractivity contribution in [3.63, 3.8) is 0 Å². The molecule has 0 atom stereocenters. The molecule has 0 radical (unpaired) electrons. The third kappa shape index (κ3) is 4.62. The van der Waals surface area contributed by atoms with Crippen LogP contribution >= 0.6 is 0 Å². The van der Waals surface area contributed by atoms with Crippen molar-refractivity contribution in [1.29, 1.82) is 5.26 Å². The summed E-state index contributed by atoms with van der Waals surface area (Å²) in [5.41, 5.74) is 0.246. The Hall–Kier alpha value is -3.93. The number of hydrogen-bond donors (Lipinski definition) is 2. The highest BCUT2D eigenvalue weighted by Crippen LogP contribution is 2.30. The van der Waals surface area contributed by atoms with Crippen LogP contribution in [0.15, 0.2) is 60.9 Å². The lowest BCUT2D eigenvalue weighted by atomic mass is 10.2. The van der Waals surface area contributed by atoms with Gasteiger partial charge in [-0.25, -0.2) is 9.97 Å². The number of anilines is 3. The lowest BCUT2D eigenvalue weighted by Gasteiger charge is -2.10. The molecule has 2 N–H and O–H groups in total. The number of nitrogens with one attached hydrogen (secondary N) is 2. The number of aromatic nitrogens is 2. The van der Waals surface area contributed by atoms with Gasteiger partial charge in [0.15, 0.2) is 0 Å². The summed E-state index contributed by atoms with van der Waals surface area (Å²) in [6.07, 6.45) is -3.35. The third-order valence-corrected chi connectivity index (χ3v) is 3.63. The number of nitriles is 1. The van der Waals surface area contributed by atoms with Gasteiger partial charge < -0.3 is 10.6 Å². The Kier molecular flexibility index (Phi) is 5.22. The van der Waals surface area contributed by atoms with Crippen LogP contribution in [-0.2, 0) is 6.18 Å². The van der Waals surface area contributed by atoms with Gasteiger partial charge in [0.25, 0.3) is 5.91 Å². The quantitative estimate of drug-likeness (QED) is 0.698. The number of alkyl halides is 3. The number of carbonyl (C=O) groups is 1. The van der Waals surface area contributed by atoms with E-state index in [1.807, 2.05) is 6.07 Å². The first-order valence-corrected chi connectivity index (χ1v) is 7.93. The van der Waals surface area contributed by atoms with E-state index < -0.39 is 17.6 Å². The second-order valence-electron chi connectivity index (χ2n) is 5.64. The Morgan fingerprint density at radius 3 is 2.43 bits per heavy atom. The number of amides is 1. The van der Waals surface area contributed by atoms with E-state index in [1.165, 1.54) is 18.2 Å². The Labute approximate surface area is 157 Å². The number of hydrogen-bond acceptors (Lipinski definition) is 5. The van der Waals surface area contributed by atoms with Crippen molar-refractivity contribution in [2.24, 2.45) is 0 Å². The summed E-state index contributed by atoms with van der Waals surface area (Å²) < 4.78 is 38.3. The third-order valence-electron chi connectivity index (χ3n) is 3.63. The molecule has 3 rings (SSSR count). The first-order valence-electron chi connectivity index (χ1n) is 7.93. The molecule has 0 aliphatic rings. The molecule has 140 valence electrons. The van der Waals surface area contributed by atoms with Gasteiger partial charge in [0, 0.05) is 17.4 Å². The molecule has 1 heterocycles. The van der Waals surface area contributed by atoms with Gasteiger partial charge in [0.05, 0.1) is 17.2 Å². The largest absolute Gasteiger partial charge is 0.416 e. The molecule has 0 saturated carbocycles. The molecule has 0 bridgehead atoms. The van der Waals surface area contributed by atoms with Gasteiger partial charge in [0.1, 0.15) is 17.8 Å². The van der Waals surface area contributed by atoms with Gasteiger partial charge in [-0.1, -0.05) is 6.07 Å². The molecule has 0 aliphatic heterocycles. The van der Waals surface area contributed by atoms with E-state index in [0.717, 1.165) is 18.5 Å². The van der Waals surface area contributed by atoms with Crippen LogP contribution < -0.4 is 10.6 Å². The van der Waals surface area contributed by atoms with Crippen LogP contribution in [0.2, 0.25) is 0 Å². The van der Waals surface area contributed by atoms with E-state index in [4.69, 9.17) is 5.26 Å². The number of rotatable bonds is 4. The minimum Gasteiger partial charge on any atom is -0.340 e. The van der Waals surface area contributed by atoms with Gasteiger partial charge in [-0.05, 0) is 42.5 Å². The fourth-order valence-corrected chi connectivity index (χ4v) is 2.29. The number of nitrogens with zero attached hydrogens (tertiary/aromatic N) is 3. The predicted molar refractivity (Wildman–Crippen MR) is 95.9 cm³/mol. The standard InChI is InChI=1S/C19H12F3N5O/c20-19(21,22)13-2-1-3-15(8-13)27-18(28)16-9-17(25-11-24-16)26-14-6-4-12(10-23)5-7-14/h1-9,11H,(H,27,28)(H,24,25,26). The topological polar surface area (TPSA) is 90.7 Å². The summed E-state index contributed by atoms with van der Waals surface area (Å²) in [4.78, 5) is 20.2. The maximum absolute atomic E-state index is 12.8. The van der Waals surface area contributed by atoms with Crippen LogP contribution in [0.4, 0.5) is 30.4 Å². The maximum Gasteiger partial charge on any atom is 0.416 e. The molecule has 0 fully saturated rings. The fourth-order valence-electron chi connectivity index (χ4n) is 2.29. The SMILES string of the molecule is N#Cc1ccc(Nc2cc(C(=O)Nc3cccc(C(F)(F)F)c3)ncn2)cc1. The Bertz CT molecular complexity index is 1040. The molecular formula is C19H12F3N5O. The van der Waals surface area contributed by atoms with E-state index in [1.54, 1.807) is 24.3 Å². The lowest BCUT2D eigenvalue weighted by Crippen LogP contribution is -2.15. The second-order valence-corrected chi connectivity index (χ2v) is 5.64. The summed E-state index contributed by atoms with van der Waals surface area (Å²) in [7, 11) is 0. The van der Waals surface area contributed by atoms with Gasteiger partial charge in [-0.2, -0.15) is 18.4 Å². The molecule has 9 heteroatoms. The van der Waals surface area contributed by atoms with E-state index in [0.29, 0.717) is 17.1 Å². The lowest BCUT2D eigenvalue weighted by molar-refractivity contribution is -0.137. The first-order chi connectivity index (χ1) is 13.3. The van der Waals surface area contributed by atoms with Crippen molar-refractivity contribution in [3.05, 3.63) is 77.7 Å². The molecule has 1 aromatic heterocycles. The Morgan fingerprint density at radius 1 is 1.00 bits per heavy atom. The number of halogens is 3. The van der Waals surface area contributed by atoms with Gasteiger partial charge in [0.2, 0.25) is 0 Å². The number of benzene rings is 2. The molecule has 2 aromatic carbocycles. The normalized spacial score (nSPS) is 10.8. The highest BCUT2D eigenvalue weighted by atomic mass is 19.4. The van der Waals surface area contributed by atoms with Crippen molar-refractivity contribution in [1.82, 2.24) is 9.97 Å². The van der Waals surface area contributed by atoms with Crippen LogP contribution in [-0.4, -0.2) is 15.9 Å². The molecule has 0 spiro atoms. The smallest absolute Gasteiger partial charge is 0.340 e. The number of carbonyl (C=O) groups excluding carboxylic acids is 1. The minimum atomic E-state index is -4.51. The van der Waals surface area contributed by atoms with Gasteiger partial charge >= 0.3 is 6.18 Å². The summed E-state index contributed by atoms with van der Waals surface area (Å²) in [6.45, 7) is 0. The van der Waals surface area contributed by atoms with Crippen LogP contribution in [0.3, 0.4) is 0 Å². The molecule has 0 saturated heterocycles. The van der Waals surface area contributed by atoms with Crippen molar-refractivity contribution in [2.45, 2.75) is 6.18 Å². The van der Waals surface area contributed by atoms with Gasteiger partial charge in [-0.3, -0.25) is 4.79 Å². The van der Waals surface area contributed by atoms with Crippen molar-refractivity contribution in [2.75, 3.05) is 10.6 Å². The molecule has 0 aliphatic carbocycles. The van der Waals surface area contributed by atoms with Crippen LogP contribution in [0.25, 0.3) is 0 Å². The molecule has 6 nitrogen and oxygen atoms in total. The summed E-state index contributed by atoms with van der Waals surface area (Å²) in [6, 6.07) is 14.3. The molecule has 0 unspecified atom stereocenters. The Morgan fingerprint density at radius 2 is 1.75 bits per heavy atom. The van der Waals surface area contributed by atoms with Crippen molar-refractivity contribution >= 4 is 23.1 Å². The second kappa shape index (κ2) is 7.75. The van der Waals surface area contributed by atoms with Crippen molar-refractivity contribution in [3.8, 4) is 6.07 Å². The zero-order valence-corrected chi connectivity index (χ0v) is 14.2. The Balaban J connectivity index is 1.74. The van der Waals surface area contributed by atoms with E-state index in [-0.39, 0.29) is 11.4 Å². The highest BCUT2D eigenvalue weighted by molar-refractivity contribution is 6.03. The maximum atomic E-state index is 12.8. The fraction of sp³-hybridized carbons (Fsp3) is 0.0526. The van der Waals surface area contributed by atoms with E-state index >= 15 is 0 Å². The molecular weight excluding hydrogens is 371 g/mol. The van der Waals surface area contributed by atoms with Crippen LogP contribution in [0.5, 0.6) is 0 Å². The van der Waals surface area contributed by atoms with Crippen LogP contribution in [0.1, 0.15) is 21.6 Å². The van der Waals surface area contributed by atoms with Crippen molar-refractivity contribution < 1.29 is 18.0 Å². The summed E-state index contributed by atoms with van der Waals surface area (Å²) in [5, 5.41) is 14.1. The molecule has 28 heavy (non-hydrogen) atoms. The summed E-state index contributed by atoms with van der Waals surface area (Å²) >= 11 is 0. The van der Waals surface area contributed by atoms with Gasteiger partial charge in [-0.15, -0.1) is 0 Å². The first kappa shape index (κ1) is 18.8. The monoisotopic (exact) mass is 383 g/mol. The molecule has 3 aromatic rings. The molecule has 1 amide bonds.